The van der Waals surface area contributed by atoms with Crippen molar-refractivity contribution in [1.82, 2.24) is 10.4 Å². The second kappa shape index (κ2) is 3.82. The molecule has 0 aliphatic heterocycles. The van der Waals surface area contributed by atoms with E-state index in [9.17, 15) is 13.6 Å². The minimum atomic E-state index is -0.769. The van der Waals surface area contributed by atoms with Crippen LogP contribution in [0.3, 0.4) is 0 Å². The van der Waals surface area contributed by atoms with Crippen LogP contribution in [0.5, 0.6) is 0 Å². The zero-order valence-corrected chi connectivity index (χ0v) is 8.00. The van der Waals surface area contributed by atoms with Gasteiger partial charge in [-0.15, -0.1) is 0 Å². The van der Waals surface area contributed by atoms with Gasteiger partial charge in [0, 0.05) is 23.7 Å². The van der Waals surface area contributed by atoms with E-state index in [1.165, 1.54) is 12.3 Å². The highest BCUT2D eigenvalue weighted by atomic mass is 19.1. The Hall–Kier alpha value is -2.08. The molecule has 2 rings (SSSR count). The predicted molar refractivity (Wildman–Crippen MR) is 53.3 cm³/mol. The van der Waals surface area contributed by atoms with Gasteiger partial charge >= 0.3 is 0 Å². The van der Waals surface area contributed by atoms with Gasteiger partial charge in [-0.05, 0) is 6.07 Å². The monoisotopic (exact) mass is 223 g/mol. The van der Waals surface area contributed by atoms with Gasteiger partial charge in [-0.3, -0.25) is 15.2 Å². The molecule has 0 aliphatic rings. The SMILES string of the molecule is NNC(=O)c1cnc2cc(F)cc(F)c2c1. The lowest BCUT2D eigenvalue weighted by Crippen LogP contribution is -2.30. The van der Waals surface area contributed by atoms with Crippen LogP contribution in [0.4, 0.5) is 8.78 Å². The fourth-order valence-electron chi connectivity index (χ4n) is 1.36. The summed E-state index contributed by atoms with van der Waals surface area (Å²) in [6.45, 7) is 0. The van der Waals surface area contributed by atoms with Crippen LogP contribution < -0.4 is 11.3 Å². The van der Waals surface area contributed by atoms with Crippen LogP contribution in [0.2, 0.25) is 0 Å². The van der Waals surface area contributed by atoms with E-state index in [0.717, 1.165) is 12.1 Å². The quantitative estimate of drug-likeness (QED) is 0.432. The Bertz CT molecular complexity index is 571. The molecule has 1 heterocycles. The minimum Gasteiger partial charge on any atom is -0.290 e. The van der Waals surface area contributed by atoms with Crippen molar-refractivity contribution in [3.8, 4) is 0 Å². The van der Waals surface area contributed by atoms with E-state index in [1.54, 1.807) is 0 Å². The van der Waals surface area contributed by atoms with Crippen molar-refractivity contribution >= 4 is 16.8 Å². The first kappa shape index (κ1) is 10.4. The van der Waals surface area contributed by atoms with Crippen molar-refractivity contribution in [2.45, 2.75) is 0 Å². The number of nitrogens with two attached hydrogens (primary N) is 1. The predicted octanol–water partition coefficient (Wildman–Crippen LogP) is 1.12. The molecule has 0 atom stereocenters. The van der Waals surface area contributed by atoms with Gasteiger partial charge in [-0.1, -0.05) is 0 Å². The number of hydrazine groups is 1. The smallest absolute Gasteiger partial charge is 0.266 e. The van der Waals surface area contributed by atoms with Gasteiger partial charge in [0.2, 0.25) is 0 Å². The molecule has 0 spiro atoms. The Morgan fingerprint density at radius 3 is 2.75 bits per heavy atom. The molecule has 1 amide bonds. The maximum Gasteiger partial charge on any atom is 0.266 e. The first-order chi connectivity index (χ1) is 7.61. The van der Waals surface area contributed by atoms with Crippen LogP contribution in [0.25, 0.3) is 10.9 Å². The number of carbonyl (C=O) groups excluding carboxylic acids is 1. The van der Waals surface area contributed by atoms with Crippen LogP contribution in [0.1, 0.15) is 10.4 Å². The molecule has 16 heavy (non-hydrogen) atoms. The zero-order valence-electron chi connectivity index (χ0n) is 8.00. The maximum absolute atomic E-state index is 13.4. The number of halogens is 2. The van der Waals surface area contributed by atoms with Gasteiger partial charge in [0.15, 0.2) is 0 Å². The zero-order chi connectivity index (χ0) is 11.7. The lowest BCUT2D eigenvalue weighted by Gasteiger charge is -2.02. The van der Waals surface area contributed by atoms with Crippen LogP contribution in [-0.4, -0.2) is 10.9 Å². The van der Waals surface area contributed by atoms with Gasteiger partial charge in [0.25, 0.3) is 5.91 Å². The van der Waals surface area contributed by atoms with E-state index in [1.807, 2.05) is 5.43 Å². The van der Waals surface area contributed by atoms with Gasteiger partial charge in [-0.25, -0.2) is 14.6 Å². The number of nitrogen functional groups attached to an aromatic ring is 1. The fourth-order valence-corrected chi connectivity index (χ4v) is 1.36. The third-order valence-electron chi connectivity index (χ3n) is 2.11. The number of hydrogen-bond acceptors (Lipinski definition) is 3. The molecule has 0 bridgehead atoms. The number of pyridine rings is 1. The van der Waals surface area contributed by atoms with Crippen LogP contribution in [-0.2, 0) is 0 Å². The second-order valence-corrected chi connectivity index (χ2v) is 3.15. The molecule has 1 aromatic heterocycles. The van der Waals surface area contributed by atoms with Gasteiger partial charge in [0.05, 0.1) is 11.1 Å². The first-order valence-corrected chi connectivity index (χ1v) is 4.37. The van der Waals surface area contributed by atoms with Crippen LogP contribution >= 0.6 is 0 Å². The van der Waals surface area contributed by atoms with E-state index in [2.05, 4.69) is 4.98 Å². The van der Waals surface area contributed by atoms with Crippen molar-refractivity contribution in [3.63, 3.8) is 0 Å². The Kier molecular flexibility index (Phi) is 2.49. The summed E-state index contributed by atoms with van der Waals surface area (Å²) < 4.78 is 26.2. The number of aromatic nitrogens is 1. The van der Waals surface area contributed by atoms with Crippen LogP contribution in [0, 0.1) is 11.6 Å². The highest BCUT2D eigenvalue weighted by Gasteiger charge is 2.09. The molecular formula is C10H7F2N3O. The van der Waals surface area contributed by atoms with Crippen molar-refractivity contribution in [1.29, 1.82) is 0 Å². The lowest BCUT2D eigenvalue weighted by molar-refractivity contribution is 0.0953. The summed E-state index contributed by atoms with van der Waals surface area (Å²) in [4.78, 5) is 14.9. The maximum atomic E-state index is 13.4. The number of amides is 1. The Balaban J connectivity index is 2.66. The van der Waals surface area contributed by atoms with E-state index < -0.39 is 17.5 Å². The standard InChI is InChI=1S/C10H7F2N3O/c11-6-2-8(12)7-1-5(10(16)15-13)4-14-9(7)3-6/h1-4H,13H2,(H,15,16). The Morgan fingerprint density at radius 2 is 2.06 bits per heavy atom. The Labute approximate surface area is 89.1 Å². The average Bonchev–Trinajstić information content (AvgIpc) is 2.27. The fraction of sp³-hybridized carbons (Fsp3) is 0. The third kappa shape index (κ3) is 1.70. The number of hydrogen-bond donors (Lipinski definition) is 2. The summed E-state index contributed by atoms with van der Waals surface area (Å²) in [5.74, 6) is 2.86. The highest BCUT2D eigenvalue weighted by Crippen LogP contribution is 2.18. The summed E-state index contributed by atoms with van der Waals surface area (Å²) in [7, 11) is 0. The molecule has 3 N–H and O–H groups in total. The van der Waals surface area contributed by atoms with Gasteiger partial charge in [0.1, 0.15) is 11.6 Å². The number of nitrogens with one attached hydrogen (secondary N) is 1. The van der Waals surface area contributed by atoms with E-state index in [0.29, 0.717) is 0 Å². The van der Waals surface area contributed by atoms with Crippen molar-refractivity contribution < 1.29 is 13.6 Å². The summed E-state index contributed by atoms with van der Waals surface area (Å²) in [6.07, 6.45) is 1.20. The highest BCUT2D eigenvalue weighted by molar-refractivity contribution is 5.96. The largest absolute Gasteiger partial charge is 0.290 e. The van der Waals surface area contributed by atoms with Crippen molar-refractivity contribution in [2.75, 3.05) is 0 Å². The number of fused-ring (bicyclic) bond motifs is 1. The summed E-state index contributed by atoms with van der Waals surface area (Å²) in [5.41, 5.74) is 2.16. The summed E-state index contributed by atoms with van der Waals surface area (Å²) in [6, 6.07) is 3.08. The molecule has 0 saturated carbocycles. The normalized spacial score (nSPS) is 10.4. The third-order valence-corrected chi connectivity index (χ3v) is 2.11. The van der Waals surface area contributed by atoms with Gasteiger partial charge < -0.3 is 0 Å². The number of benzene rings is 1. The summed E-state index contributed by atoms with van der Waals surface area (Å²) in [5, 5.41) is 0.0718. The van der Waals surface area contributed by atoms with Crippen molar-refractivity contribution in [2.24, 2.45) is 5.84 Å². The molecule has 4 nitrogen and oxygen atoms in total. The molecular weight excluding hydrogens is 216 g/mol. The molecule has 0 aliphatic carbocycles. The molecule has 6 heteroatoms. The molecule has 0 fully saturated rings. The lowest BCUT2D eigenvalue weighted by atomic mass is 10.1. The minimum absolute atomic E-state index is 0.0718. The van der Waals surface area contributed by atoms with Crippen molar-refractivity contribution in [3.05, 3.63) is 41.6 Å². The van der Waals surface area contributed by atoms with Gasteiger partial charge in [-0.2, -0.15) is 0 Å². The first-order valence-electron chi connectivity index (χ1n) is 4.37. The van der Waals surface area contributed by atoms with E-state index in [4.69, 9.17) is 5.84 Å². The average molecular weight is 223 g/mol. The number of rotatable bonds is 1. The molecule has 82 valence electrons. The van der Waals surface area contributed by atoms with Crippen LogP contribution in [0.15, 0.2) is 24.4 Å². The molecule has 0 radical (unpaired) electrons. The van der Waals surface area contributed by atoms with E-state index in [-0.39, 0.29) is 16.5 Å². The Morgan fingerprint density at radius 1 is 1.31 bits per heavy atom. The second-order valence-electron chi connectivity index (χ2n) is 3.15. The van der Waals surface area contributed by atoms with E-state index >= 15 is 0 Å². The molecule has 2 aromatic rings. The summed E-state index contributed by atoms with van der Waals surface area (Å²) >= 11 is 0. The molecule has 0 unspecified atom stereocenters. The number of carbonyl (C=O) groups is 1. The topological polar surface area (TPSA) is 68.0 Å². The number of nitrogens with zero attached hydrogens (tertiary/aromatic N) is 1. The molecule has 1 aromatic carbocycles. The molecule has 0 saturated heterocycles.